The minimum atomic E-state index is -1.18. The number of carbonyl (C=O) groups excluding carboxylic acids is 8. The summed E-state index contributed by atoms with van der Waals surface area (Å²) in [4.78, 5) is 106. The number of imide groups is 1. The summed E-state index contributed by atoms with van der Waals surface area (Å²) >= 11 is 0. The summed E-state index contributed by atoms with van der Waals surface area (Å²) in [6.07, 6.45) is 5.09. The number of urea groups is 1. The van der Waals surface area contributed by atoms with Crippen LogP contribution in [-0.2, 0) is 85.7 Å². The van der Waals surface area contributed by atoms with Gasteiger partial charge in [0.05, 0.1) is 99.5 Å². The zero-order valence-electron chi connectivity index (χ0n) is 55.7. The molecule has 12 heterocycles. The number of aliphatic hydroxyl groups is 1. The highest BCUT2D eigenvalue weighted by atomic mass is 16.8. The van der Waals surface area contributed by atoms with E-state index in [-0.39, 0.29) is 175 Å². The number of fused-ring (bicyclic) bond motifs is 6. The molecule has 7 N–H and O–H groups in total. The molecule has 26 heteroatoms. The fourth-order valence-corrected chi connectivity index (χ4v) is 16.4. The zero-order valence-corrected chi connectivity index (χ0v) is 55.7. The summed E-state index contributed by atoms with van der Waals surface area (Å²) in [5.74, 6) is -4.62. The Hall–Kier alpha value is -5.10. The molecular weight excluding hydrogens is 1230 g/mol. The standard InChI is InChI=1S/C69H102N6O20/c1-36(2)59(74-56(79)17-12-40-32-86-34-41(35-87-33-40)49(78)11-7-8-23-75-57(80)18-19-58(75)81)67(83)73-48(10-9-22-71-68(70)84)66(82)72-31-43(77)28-54-60(85-6)47-27-42(76)26-45-14-16-51-61(90-45)65-64-63(92-51)62-55(93-64)30-69(94-62,95-65)21-20-46-25-38(4)50(88-46)15-13-44-24-37(3)39(5)52(89-44)29-53(47)91-54/h18-19,36-37,40-41,43-48,50-55,59-65,77H,4-5,7-17,20-35H2,1-3,6H3,(H,72,82)(H,73,83)(H,74,79)(H3,70,71,84)/t37-,40?,41?,43+,44+,45-,46+,47+,48+,50+,51+,52-,53+,54-,55-,59+,60-,61+,62+,63?,64?,65+,69+/m1/s1. The van der Waals surface area contributed by atoms with Crippen molar-refractivity contribution in [3.63, 3.8) is 0 Å². The summed E-state index contributed by atoms with van der Waals surface area (Å²) in [7, 11) is 1.57. The average molecular weight is 1340 g/mol. The van der Waals surface area contributed by atoms with Crippen LogP contribution in [0.5, 0.6) is 0 Å². The monoisotopic (exact) mass is 1330 g/mol. The lowest BCUT2D eigenvalue weighted by Gasteiger charge is -2.47. The Bertz CT molecular complexity index is 2810. The molecule has 12 aliphatic rings. The van der Waals surface area contributed by atoms with Gasteiger partial charge in [-0.15, -0.1) is 0 Å². The minimum absolute atomic E-state index is 0.0140. The summed E-state index contributed by atoms with van der Waals surface area (Å²) in [6, 6.07) is -2.95. The topological polar surface area (TPSA) is 336 Å². The van der Waals surface area contributed by atoms with E-state index in [0.717, 1.165) is 48.2 Å². The molecule has 0 aromatic carbocycles. The molecule has 1 spiro atoms. The number of ketones is 2. The first kappa shape index (κ1) is 71.2. The maximum absolute atomic E-state index is 14.6. The number of nitrogens with one attached hydrogen (secondary N) is 4. The molecule has 0 saturated carbocycles. The van der Waals surface area contributed by atoms with E-state index in [0.29, 0.717) is 51.4 Å². The Labute approximate surface area is 556 Å². The van der Waals surface area contributed by atoms with E-state index >= 15 is 0 Å². The Morgan fingerprint density at radius 3 is 2.20 bits per heavy atom. The van der Waals surface area contributed by atoms with Gasteiger partial charge >= 0.3 is 6.03 Å². The Morgan fingerprint density at radius 1 is 0.737 bits per heavy atom. The highest BCUT2D eigenvalue weighted by Crippen LogP contribution is 2.55. The number of rotatable bonds is 23. The fraction of sp³-hybridized carbons (Fsp3) is 0.797. The van der Waals surface area contributed by atoms with Crippen LogP contribution < -0.4 is 27.0 Å². The fourth-order valence-electron chi connectivity index (χ4n) is 16.4. The highest BCUT2D eigenvalue weighted by Gasteiger charge is 2.69. The van der Waals surface area contributed by atoms with Crippen LogP contribution in [-0.4, -0.2) is 226 Å². The number of Topliss-reactive ketones (excluding diaryl/α,β-unsaturated/α-hetero) is 2. The first-order valence-electron chi connectivity index (χ1n) is 35.1. The normalized spacial score (nSPS) is 38.0. The van der Waals surface area contributed by atoms with Crippen molar-refractivity contribution in [2.45, 2.75) is 265 Å². The molecule has 26 nitrogen and oxygen atoms in total. The number of hydrogen-bond donors (Lipinski definition) is 6. The first-order valence-corrected chi connectivity index (χ1v) is 35.1. The first-order chi connectivity index (χ1) is 45.6. The number of carbonyl (C=O) groups is 8. The van der Waals surface area contributed by atoms with Crippen molar-refractivity contribution in [3.8, 4) is 0 Å². The summed E-state index contributed by atoms with van der Waals surface area (Å²) in [6.45, 7) is 15.6. The van der Waals surface area contributed by atoms with Crippen LogP contribution in [0.1, 0.15) is 149 Å². The van der Waals surface area contributed by atoms with Gasteiger partial charge < -0.3 is 84.2 Å². The molecule has 11 fully saturated rings. The minimum Gasteiger partial charge on any atom is -0.391 e. The van der Waals surface area contributed by atoms with Gasteiger partial charge in [-0.05, 0) is 100 Å². The van der Waals surface area contributed by atoms with Gasteiger partial charge in [0, 0.05) is 102 Å². The number of methoxy groups -OCH3 is 1. The second-order valence-electron chi connectivity index (χ2n) is 29.0. The average Bonchev–Trinajstić information content (AvgIpc) is 1.55. The van der Waals surface area contributed by atoms with Crippen LogP contribution in [0.3, 0.4) is 0 Å². The predicted molar refractivity (Wildman–Crippen MR) is 338 cm³/mol. The van der Waals surface area contributed by atoms with E-state index in [1.54, 1.807) is 21.0 Å². The lowest BCUT2D eigenvalue weighted by atomic mass is 9.81. The van der Waals surface area contributed by atoms with Gasteiger partial charge in [0.2, 0.25) is 17.7 Å². The predicted octanol–water partition coefficient (Wildman–Crippen LogP) is 3.39. The SMILES string of the molecule is C=C1C[C@@H]2CC[C@@]34C[C@H]5OC6C(O[C@H]7CC[C@H](CC(=O)C[C@@H]8[C@@H](OC)[C@@H](C[C@H](O)CNC(=O)[C@H](CCCNC(N)=O)NC(=O)[C@@H](NC(=O)CCC9COCC(C(=O)CCCCN%10C(=O)C=CC%10=O)COC9)C(C)C)O[C@H]8C[C@H]8O[C@@H](CC[C@@H]1O2)C[C@@H](C)C8=C)O[C@@H]7[C@@H]6O3)[C@H]5O4. The molecule has 12 bridgehead atoms. The third-order valence-corrected chi connectivity index (χ3v) is 21.6. The number of nitrogens with two attached hydrogens (primary N) is 1. The van der Waals surface area contributed by atoms with Gasteiger partial charge in [-0.2, -0.15) is 0 Å². The van der Waals surface area contributed by atoms with Crippen LogP contribution in [0.15, 0.2) is 36.5 Å². The number of nitrogens with zero attached hydrogens (tertiary/aromatic N) is 1. The van der Waals surface area contributed by atoms with Crippen LogP contribution in [0.25, 0.3) is 0 Å². The Kier molecular flexibility index (Phi) is 23.9. The molecule has 0 aliphatic carbocycles. The van der Waals surface area contributed by atoms with Crippen molar-refractivity contribution in [1.29, 1.82) is 0 Å². The van der Waals surface area contributed by atoms with E-state index in [2.05, 4.69) is 41.3 Å². The number of amides is 7. The maximum atomic E-state index is 14.6. The highest BCUT2D eigenvalue weighted by molar-refractivity contribution is 6.12. The van der Waals surface area contributed by atoms with Crippen LogP contribution in [0.4, 0.5) is 4.79 Å². The van der Waals surface area contributed by atoms with Crippen molar-refractivity contribution in [1.82, 2.24) is 26.2 Å². The molecule has 21 atom stereocenters. The van der Waals surface area contributed by atoms with Gasteiger partial charge in [-0.3, -0.25) is 38.5 Å². The molecule has 7 amide bonds. The molecule has 0 radical (unpaired) electrons. The molecule has 11 saturated heterocycles. The van der Waals surface area contributed by atoms with E-state index in [4.69, 9.17) is 57.8 Å². The number of ether oxygens (including phenoxy) is 11. The molecule has 12 aliphatic heterocycles. The van der Waals surface area contributed by atoms with Crippen molar-refractivity contribution < 1.29 is 95.6 Å². The third kappa shape index (κ3) is 17.3. The molecule has 528 valence electrons. The van der Waals surface area contributed by atoms with Crippen molar-refractivity contribution in [2.24, 2.45) is 35.3 Å². The van der Waals surface area contributed by atoms with Crippen molar-refractivity contribution >= 4 is 47.1 Å². The van der Waals surface area contributed by atoms with Gasteiger partial charge in [-0.1, -0.05) is 33.9 Å². The summed E-state index contributed by atoms with van der Waals surface area (Å²) < 4.78 is 72.8. The number of unbranched alkanes of at least 4 members (excludes halogenated alkanes) is 1. The van der Waals surface area contributed by atoms with Crippen molar-refractivity contribution in [2.75, 3.05) is 53.2 Å². The molecule has 0 aromatic rings. The Morgan fingerprint density at radius 2 is 1.45 bits per heavy atom. The number of aliphatic hydroxyl groups excluding tert-OH is 1. The third-order valence-electron chi connectivity index (χ3n) is 21.6. The quantitative estimate of drug-likeness (QED) is 0.0485. The second kappa shape index (κ2) is 31.8. The van der Waals surface area contributed by atoms with E-state index in [1.165, 1.54) is 12.2 Å². The molecule has 0 aromatic heterocycles. The second-order valence-corrected chi connectivity index (χ2v) is 29.0. The zero-order chi connectivity index (χ0) is 67.2. The maximum Gasteiger partial charge on any atom is 0.312 e. The van der Waals surface area contributed by atoms with Crippen LogP contribution in [0, 0.1) is 29.6 Å². The van der Waals surface area contributed by atoms with Gasteiger partial charge in [0.25, 0.3) is 11.8 Å². The van der Waals surface area contributed by atoms with Crippen molar-refractivity contribution in [3.05, 3.63) is 36.5 Å². The van der Waals surface area contributed by atoms with Gasteiger partial charge in [0.15, 0.2) is 5.79 Å². The lowest BCUT2D eigenvalue weighted by Crippen LogP contribution is -2.61. The molecule has 95 heavy (non-hydrogen) atoms. The number of hydrogen-bond acceptors (Lipinski definition) is 20. The van der Waals surface area contributed by atoms with E-state index in [9.17, 15) is 43.5 Å². The molecule has 2 unspecified atom stereocenters. The van der Waals surface area contributed by atoms with Crippen LogP contribution in [0.2, 0.25) is 0 Å². The largest absolute Gasteiger partial charge is 0.391 e. The Balaban J connectivity index is 0.697. The van der Waals surface area contributed by atoms with Gasteiger partial charge in [-0.25, -0.2) is 4.79 Å². The summed E-state index contributed by atoms with van der Waals surface area (Å²) in [5.41, 5.74) is 7.35. The smallest absolute Gasteiger partial charge is 0.312 e. The van der Waals surface area contributed by atoms with E-state index in [1.807, 2.05) is 0 Å². The molecular formula is C69H102N6O20. The number of primary amides is 1. The lowest BCUT2D eigenvalue weighted by molar-refractivity contribution is -0.292. The summed E-state index contributed by atoms with van der Waals surface area (Å²) in [5, 5.41) is 22.8. The van der Waals surface area contributed by atoms with Crippen LogP contribution >= 0.6 is 0 Å². The van der Waals surface area contributed by atoms with E-state index < -0.39 is 108 Å². The van der Waals surface area contributed by atoms with Gasteiger partial charge in [0.1, 0.15) is 54.2 Å². The molecule has 12 rings (SSSR count).